The van der Waals surface area contributed by atoms with Gasteiger partial charge in [0.2, 0.25) is 5.91 Å². The average Bonchev–Trinajstić information content (AvgIpc) is 2.66. The second-order valence-electron chi connectivity index (χ2n) is 4.77. The molecule has 0 bridgehead atoms. The van der Waals surface area contributed by atoms with Gasteiger partial charge < -0.3 is 10.4 Å². The summed E-state index contributed by atoms with van der Waals surface area (Å²) in [4.78, 5) is 14.1. The van der Waals surface area contributed by atoms with Crippen molar-refractivity contribution in [1.29, 1.82) is 0 Å². The normalized spacial score (nSPS) is 24.6. The third-order valence-corrected chi connectivity index (χ3v) is 4.63. The molecule has 0 aromatic heterocycles. The van der Waals surface area contributed by atoms with E-state index in [9.17, 15) is 4.79 Å². The second kappa shape index (κ2) is 7.24. The highest BCUT2D eigenvalue weighted by Crippen LogP contribution is 2.15. The van der Waals surface area contributed by atoms with Gasteiger partial charge >= 0.3 is 0 Å². The SMILES string of the molecule is CS[C@H](CO)[C@@H](C)NC(=O)CN1CCC[C@H]1C. The monoisotopic (exact) mass is 260 g/mol. The van der Waals surface area contributed by atoms with E-state index in [0.29, 0.717) is 12.6 Å². The molecule has 0 saturated carbocycles. The largest absolute Gasteiger partial charge is 0.395 e. The van der Waals surface area contributed by atoms with Crippen LogP contribution in [0.4, 0.5) is 0 Å². The summed E-state index contributed by atoms with van der Waals surface area (Å²) >= 11 is 1.58. The Morgan fingerprint density at radius 3 is 2.82 bits per heavy atom. The highest BCUT2D eigenvalue weighted by atomic mass is 32.2. The molecule has 0 aliphatic carbocycles. The van der Waals surface area contributed by atoms with Crippen molar-refractivity contribution in [2.24, 2.45) is 0 Å². The van der Waals surface area contributed by atoms with Crippen LogP contribution in [-0.4, -0.2) is 59.2 Å². The molecular formula is C12H24N2O2S. The molecule has 3 atom stereocenters. The van der Waals surface area contributed by atoms with Gasteiger partial charge in [0.05, 0.1) is 13.2 Å². The van der Waals surface area contributed by atoms with Gasteiger partial charge in [-0.05, 0) is 39.5 Å². The van der Waals surface area contributed by atoms with E-state index in [0.717, 1.165) is 6.54 Å². The molecule has 1 saturated heterocycles. The van der Waals surface area contributed by atoms with Crippen LogP contribution in [0.3, 0.4) is 0 Å². The first-order valence-corrected chi connectivity index (χ1v) is 7.54. The summed E-state index contributed by atoms with van der Waals surface area (Å²) < 4.78 is 0. The minimum Gasteiger partial charge on any atom is -0.395 e. The van der Waals surface area contributed by atoms with Gasteiger partial charge in [0.1, 0.15) is 0 Å². The number of hydrogen-bond acceptors (Lipinski definition) is 4. The Morgan fingerprint density at radius 2 is 2.35 bits per heavy atom. The van der Waals surface area contributed by atoms with E-state index in [1.165, 1.54) is 12.8 Å². The number of aliphatic hydroxyl groups excluding tert-OH is 1. The third-order valence-electron chi connectivity index (χ3n) is 3.47. The van der Waals surface area contributed by atoms with Crippen LogP contribution in [0.1, 0.15) is 26.7 Å². The van der Waals surface area contributed by atoms with E-state index in [1.807, 2.05) is 13.2 Å². The summed E-state index contributed by atoms with van der Waals surface area (Å²) in [6.07, 6.45) is 4.33. The first-order chi connectivity index (χ1) is 8.08. The van der Waals surface area contributed by atoms with Crippen molar-refractivity contribution in [2.45, 2.75) is 44.0 Å². The zero-order valence-electron chi connectivity index (χ0n) is 11.0. The Labute approximate surface area is 108 Å². The number of carbonyl (C=O) groups is 1. The van der Waals surface area contributed by atoms with Crippen LogP contribution in [0, 0.1) is 0 Å². The van der Waals surface area contributed by atoms with E-state index in [4.69, 9.17) is 5.11 Å². The lowest BCUT2D eigenvalue weighted by Crippen LogP contribution is -2.46. The Bertz CT molecular complexity index is 247. The molecule has 1 aliphatic rings. The van der Waals surface area contributed by atoms with Crippen molar-refractivity contribution < 1.29 is 9.90 Å². The highest BCUT2D eigenvalue weighted by molar-refractivity contribution is 7.99. The number of carbonyl (C=O) groups excluding carboxylic acids is 1. The van der Waals surface area contributed by atoms with Crippen molar-refractivity contribution in [2.75, 3.05) is 26.0 Å². The number of amides is 1. The van der Waals surface area contributed by atoms with Crippen LogP contribution in [0.5, 0.6) is 0 Å². The van der Waals surface area contributed by atoms with Crippen molar-refractivity contribution in [1.82, 2.24) is 10.2 Å². The lowest BCUT2D eigenvalue weighted by Gasteiger charge is -2.24. The zero-order chi connectivity index (χ0) is 12.8. The number of nitrogens with one attached hydrogen (secondary N) is 1. The summed E-state index contributed by atoms with van der Waals surface area (Å²) in [6.45, 7) is 5.72. The Kier molecular flexibility index (Phi) is 6.30. The molecule has 0 spiro atoms. The van der Waals surface area contributed by atoms with Gasteiger partial charge in [-0.2, -0.15) is 11.8 Å². The van der Waals surface area contributed by atoms with Gasteiger partial charge in [0.25, 0.3) is 0 Å². The van der Waals surface area contributed by atoms with Crippen LogP contribution in [-0.2, 0) is 4.79 Å². The van der Waals surface area contributed by atoms with Crippen molar-refractivity contribution >= 4 is 17.7 Å². The zero-order valence-corrected chi connectivity index (χ0v) is 11.8. The van der Waals surface area contributed by atoms with E-state index < -0.39 is 0 Å². The van der Waals surface area contributed by atoms with E-state index in [2.05, 4.69) is 17.1 Å². The fourth-order valence-corrected chi connectivity index (χ4v) is 2.87. The molecule has 1 rings (SSSR count). The van der Waals surface area contributed by atoms with Crippen LogP contribution in [0.25, 0.3) is 0 Å². The summed E-state index contributed by atoms with van der Waals surface area (Å²) in [7, 11) is 0. The number of nitrogens with zero attached hydrogens (tertiary/aromatic N) is 1. The Balaban J connectivity index is 2.33. The third kappa shape index (κ3) is 4.48. The molecule has 1 heterocycles. The molecule has 1 amide bonds. The molecule has 5 heteroatoms. The molecule has 1 aliphatic heterocycles. The minimum absolute atomic E-state index is 0.0143. The number of hydrogen-bond donors (Lipinski definition) is 2. The topological polar surface area (TPSA) is 52.6 Å². The van der Waals surface area contributed by atoms with Crippen LogP contribution < -0.4 is 5.32 Å². The quantitative estimate of drug-likeness (QED) is 0.738. The maximum Gasteiger partial charge on any atom is 0.234 e. The number of aliphatic hydroxyl groups is 1. The molecule has 17 heavy (non-hydrogen) atoms. The maximum absolute atomic E-state index is 11.8. The number of thioether (sulfide) groups is 1. The predicted octanol–water partition coefficient (Wildman–Crippen LogP) is 0.699. The molecule has 0 aromatic carbocycles. The van der Waals surface area contributed by atoms with Gasteiger partial charge in [0.15, 0.2) is 0 Å². The van der Waals surface area contributed by atoms with Crippen LogP contribution in [0.2, 0.25) is 0 Å². The average molecular weight is 260 g/mol. The number of rotatable bonds is 6. The van der Waals surface area contributed by atoms with Crippen LogP contribution in [0.15, 0.2) is 0 Å². The molecule has 1 fully saturated rings. The molecular weight excluding hydrogens is 236 g/mol. The van der Waals surface area contributed by atoms with Crippen molar-refractivity contribution in [3.8, 4) is 0 Å². The fraction of sp³-hybridized carbons (Fsp3) is 0.917. The van der Waals surface area contributed by atoms with Crippen molar-refractivity contribution in [3.63, 3.8) is 0 Å². The highest BCUT2D eigenvalue weighted by Gasteiger charge is 2.24. The lowest BCUT2D eigenvalue weighted by atomic mass is 10.2. The Hall–Kier alpha value is -0.260. The van der Waals surface area contributed by atoms with E-state index >= 15 is 0 Å². The van der Waals surface area contributed by atoms with Gasteiger partial charge in [-0.15, -0.1) is 0 Å². The smallest absolute Gasteiger partial charge is 0.234 e. The Morgan fingerprint density at radius 1 is 1.65 bits per heavy atom. The molecule has 100 valence electrons. The van der Waals surface area contributed by atoms with Gasteiger partial charge in [-0.3, -0.25) is 9.69 Å². The van der Waals surface area contributed by atoms with Crippen LogP contribution >= 0.6 is 11.8 Å². The van der Waals surface area contributed by atoms with Gasteiger partial charge in [-0.1, -0.05) is 0 Å². The van der Waals surface area contributed by atoms with Gasteiger partial charge in [0, 0.05) is 17.3 Å². The molecule has 2 N–H and O–H groups in total. The minimum atomic E-state index is 0.0143. The summed E-state index contributed by atoms with van der Waals surface area (Å²) in [5, 5.41) is 12.2. The summed E-state index contributed by atoms with van der Waals surface area (Å²) in [5.74, 6) is 0.0683. The first-order valence-electron chi connectivity index (χ1n) is 6.25. The van der Waals surface area contributed by atoms with E-state index in [1.54, 1.807) is 11.8 Å². The summed E-state index contributed by atoms with van der Waals surface area (Å²) in [5.41, 5.74) is 0. The molecule has 0 radical (unpaired) electrons. The maximum atomic E-state index is 11.8. The fourth-order valence-electron chi connectivity index (χ4n) is 2.24. The second-order valence-corrected chi connectivity index (χ2v) is 5.85. The summed E-state index contributed by atoms with van der Waals surface area (Å²) in [6, 6.07) is 0.533. The lowest BCUT2D eigenvalue weighted by molar-refractivity contribution is -0.123. The molecule has 4 nitrogen and oxygen atoms in total. The number of likely N-dealkylation sites (tertiary alicyclic amines) is 1. The predicted molar refractivity (Wildman–Crippen MR) is 72.3 cm³/mol. The van der Waals surface area contributed by atoms with E-state index in [-0.39, 0.29) is 23.8 Å². The van der Waals surface area contributed by atoms with Gasteiger partial charge in [-0.25, -0.2) is 0 Å². The standard InChI is InChI=1S/C12H24N2O2S/c1-9-5-4-6-14(9)7-12(16)13-10(2)11(8-15)17-3/h9-11,15H,4-8H2,1-3H3,(H,13,16)/t9-,10-,11-/m1/s1. The molecule has 0 aromatic rings. The molecule has 0 unspecified atom stereocenters. The first kappa shape index (κ1) is 14.8. The van der Waals surface area contributed by atoms with Crippen molar-refractivity contribution in [3.05, 3.63) is 0 Å².